The maximum absolute atomic E-state index is 18.2. The van der Waals surface area contributed by atoms with Gasteiger partial charge in [-0.15, -0.1) is 0 Å². The molecule has 0 spiro atoms. The van der Waals surface area contributed by atoms with E-state index in [9.17, 15) is 38.4 Å². The summed E-state index contributed by atoms with van der Waals surface area (Å²) in [5.41, 5.74) is 8.31. The fourth-order valence-corrected chi connectivity index (χ4v) is 27.4. The summed E-state index contributed by atoms with van der Waals surface area (Å²) in [7, 11) is 0. The number of benzene rings is 6. The van der Waals surface area contributed by atoms with Gasteiger partial charge >= 0.3 is 12.2 Å². The number of hydrogen-bond donors (Lipinski definition) is 10. The highest BCUT2D eigenvalue weighted by Gasteiger charge is 2.52. The third-order valence-electron chi connectivity index (χ3n) is 24.7. The van der Waals surface area contributed by atoms with Crippen LogP contribution >= 0.6 is 12.1 Å². The molecule has 6 aromatic carbocycles. The van der Waals surface area contributed by atoms with Crippen LogP contribution < -0.4 is 64.2 Å². The van der Waals surface area contributed by atoms with E-state index in [0.717, 1.165) is 83.0 Å². The molecule has 2 fully saturated rings. The van der Waals surface area contributed by atoms with Crippen molar-refractivity contribution in [3.63, 3.8) is 0 Å². The van der Waals surface area contributed by atoms with Crippen LogP contribution in [0, 0.1) is 5.92 Å². The van der Waals surface area contributed by atoms with Gasteiger partial charge in [0.15, 0.2) is 0 Å². The van der Waals surface area contributed by atoms with Crippen LogP contribution in [0.25, 0.3) is 22.3 Å². The number of nitrogens with two attached hydrogens (primary N) is 1. The smallest absolute Gasteiger partial charge is 0.417 e. The Morgan fingerprint density at radius 1 is 0.413 bits per heavy atom. The summed E-state index contributed by atoms with van der Waals surface area (Å²) in [5.74, 6) is -12.9. The standard InChI is InChI=1S/C94H120N12O16P2S2/c1-14-55(2)79(102-82(110)58(5)101-90(118)94(12,13)103-83(111)59(6)96-62(9)107)86(114)98-57(4)81(109)99-61(8)87(115)106(92(120)122-52-76-73-49-33-29-45-69(73)70-46-30-34-50-74(70)76)78(54-124(126,65-39-23-17-24-40-65)66-41-25-18-26-42-66)88(116)105(91(119)121-51-75-71-47-31-27-43-67(71)68-44-28-32-48-72(68)75)77(53-123(125,63-35-19-15-20-36-63)64-37-21-16-22-38-64)85(113)97-60(7)84(112)104-93(10,11)89(117)100-56(3)80(95)108/h17-18,23-34,39-50,55-61,63-64,75-79H,14-16,19-22,35-38,51-54H2,1-13H3,(H2,95,108)(H,96,107)(H,97,113)(H,98,114)(H,99,109)(H,100,117)(H,101,118)(H,102,110)(H,103,111)(H,104,112)/t55-,56-,57-,58-,59-,60-,61-,77-,78-,79-/m0/s1. The van der Waals surface area contributed by atoms with Gasteiger partial charge in [0.2, 0.25) is 59.1 Å². The lowest BCUT2D eigenvalue weighted by molar-refractivity contribution is -0.147. The number of imide groups is 2. The normalized spacial score (nSPS) is 16.5. The van der Waals surface area contributed by atoms with Gasteiger partial charge < -0.3 is 63.1 Å². The Labute approximate surface area is 747 Å². The predicted octanol–water partition coefficient (Wildman–Crippen LogP) is 9.41. The molecular formula is C94H120N12O16P2S2. The van der Waals surface area contributed by atoms with Crippen molar-refractivity contribution in [3.8, 4) is 22.3 Å². The third kappa shape index (κ3) is 22.9. The highest BCUT2D eigenvalue weighted by atomic mass is 32.4. The molecule has 0 saturated heterocycles. The summed E-state index contributed by atoms with van der Waals surface area (Å²) in [6, 6.07) is 26.7. The van der Waals surface area contributed by atoms with Crippen molar-refractivity contribution in [2.45, 2.75) is 249 Å². The Morgan fingerprint density at radius 3 is 1.17 bits per heavy atom. The number of ether oxygens (including phenoxy) is 2. The van der Waals surface area contributed by atoms with E-state index in [0.29, 0.717) is 52.5 Å². The second-order valence-corrected chi connectivity index (χ2v) is 45.1. The maximum atomic E-state index is 18.2. The summed E-state index contributed by atoms with van der Waals surface area (Å²) in [6.45, 7) is 17.4. The largest absolute Gasteiger partial charge is 0.448 e. The molecule has 32 heteroatoms. The summed E-state index contributed by atoms with van der Waals surface area (Å²) in [5, 5.41) is 24.6. The molecule has 4 aliphatic carbocycles. The van der Waals surface area contributed by atoms with Crippen LogP contribution in [0.5, 0.6) is 0 Å². The average molecular weight is 1800 g/mol. The minimum Gasteiger partial charge on any atom is -0.448 e. The number of rotatable bonds is 36. The van der Waals surface area contributed by atoms with Crippen molar-refractivity contribution < 1.29 is 76.6 Å². The molecule has 674 valence electrons. The molecule has 6 aromatic rings. The first-order valence-corrected chi connectivity index (χ1v) is 49.5. The molecule has 0 radical (unpaired) electrons. The number of carbonyl (C=O) groups is 14. The van der Waals surface area contributed by atoms with Crippen LogP contribution in [-0.4, -0.2) is 195 Å². The van der Waals surface area contributed by atoms with Gasteiger partial charge in [-0.3, -0.25) is 57.5 Å². The molecule has 4 aliphatic rings. The molecule has 11 N–H and O–H groups in total. The number of fused-ring (bicyclic) bond motifs is 6. The van der Waals surface area contributed by atoms with Gasteiger partial charge in [-0.1, -0.05) is 240 Å². The van der Waals surface area contributed by atoms with Gasteiger partial charge in [-0.05, 0) is 173 Å². The monoisotopic (exact) mass is 1800 g/mol. The van der Waals surface area contributed by atoms with Crippen LogP contribution in [0.1, 0.15) is 195 Å². The van der Waals surface area contributed by atoms with Gasteiger partial charge in [-0.2, -0.15) is 0 Å². The Hall–Kier alpha value is -10.8. The van der Waals surface area contributed by atoms with E-state index in [2.05, 4.69) is 47.9 Å². The zero-order valence-electron chi connectivity index (χ0n) is 73.9. The first-order valence-electron chi connectivity index (χ1n) is 43.4. The second kappa shape index (κ2) is 42.7. The van der Waals surface area contributed by atoms with E-state index < -0.39 is 198 Å². The van der Waals surface area contributed by atoms with Crippen LogP contribution in [0.4, 0.5) is 9.59 Å². The quantitative estimate of drug-likeness (QED) is 0.0164. The fourth-order valence-electron chi connectivity index (χ4n) is 17.2. The predicted molar refractivity (Wildman–Crippen MR) is 492 cm³/mol. The van der Waals surface area contributed by atoms with Crippen molar-refractivity contribution in [2.75, 3.05) is 25.5 Å². The highest BCUT2D eigenvalue weighted by molar-refractivity contribution is 8.22. The molecule has 10 atom stereocenters. The number of carbonyl (C=O) groups excluding carboxylic acids is 14. The number of amides is 14. The molecule has 126 heavy (non-hydrogen) atoms. The van der Waals surface area contributed by atoms with Gasteiger partial charge in [-0.25, -0.2) is 19.4 Å². The van der Waals surface area contributed by atoms with E-state index in [1.807, 2.05) is 97.1 Å². The number of primary amides is 1. The summed E-state index contributed by atoms with van der Waals surface area (Å²) < 4.78 is 13.3. The Bertz CT molecular complexity index is 5000. The molecule has 0 bridgehead atoms. The van der Waals surface area contributed by atoms with Crippen molar-refractivity contribution in [3.05, 3.63) is 180 Å². The molecule has 0 unspecified atom stereocenters. The first kappa shape index (κ1) is 97.4. The lowest BCUT2D eigenvalue weighted by atomic mass is 9.97. The second-order valence-electron chi connectivity index (χ2n) is 34.8. The van der Waals surface area contributed by atoms with Crippen molar-refractivity contribution in [1.29, 1.82) is 0 Å². The zero-order chi connectivity index (χ0) is 91.9. The average Bonchev–Trinajstić information content (AvgIpc) is 1.69. The summed E-state index contributed by atoms with van der Waals surface area (Å²) >= 11 is 14.4. The zero-order valence-corrected chi connectivity index (χ0v) is 77.3. The van der Waals surface area contributed by atoms with E-state index in [1.54, 1.807) is 74.5 Å². The minimum absolute atomic E-state index is 0.173. The van der Waals surface area contributed by atoms with Crippen LogP contribution in [0.3, 0.4) is 0 Å². The lowest BCUT2D eigenvalue weighted by Crippen LogP contribution is -2.65. The number of hydrogen-bond acceptors (Lipinski definition) is 18. The van der Waals surface area contributed by atoms with E-state index in [-0.39, 0.29) is 17.5 Å². The van der Waals surface area contributed by atoms with Crippen LogP contribution in [0.2, 0.25) is 0 Å². The van der Waals surface area contributed by atoms with Crippen LogP contribution in [0.15, 0.2) is 158 Å². The molecule has 10 rings (SSSR count). The molecule has 0 heterocycles. The van der Waals surface area contributed by atoms with Crippen molar-refractivity contribution in [2.24, 2.45) is 11.7 Å². The summed E-state index contributed by atoms with van der Waals surface area (Å²) in [6.07, 6.45) is 4.18. The van der Waals surface area contributed by atoms with Crippen molar-refractivity contribution in [1.82, 2.24) is 57.7 Å². The lowest BCUT2D eigenvalue weighted by Gasteiger charge is -2.45. The van der Waals surface area contributed by atoms with E-state index in [1.165, 1.54) is 76.2 Å². The Kier molecular flexibility index (Phi) is 33.0. The molecule has 14 amide bonds. The highest BCUT2D eigenvalue weighted by Crippen LogP contribution is 2.64. The Morgan fingerprint density at radius 2 is 0.762 bits per heavy atom. The van der Waals surface area contributed by atoms with E-state index in [4.69, 9.17) is 38.8 Å². The molecule has 2 saturated carbocycles. The van der Waals surface area contributed by atoms with Gasteiger partial charge in [0.05, 0.1) is 0 Å². The third-order valence-corrected chi connectivity index (χ3v) is 36.2. The van der Waals surface area contributed by atoms with Crippen molar-refractivity contribution >= 4 is 129 Å². The fraction of sp³-hybridized carbons (Fsp3) is 0.468. The SMILES string of the molecule is CC[C@H](C)[C@H](NC(=O)[C@H](C)NC(=O)C(C)(C)NC(=O)[C@H](C)NC(C)=O)C(=O)N[C@@H](C)C(=O)N[C@@H](C)C(=O)N(C(=O)OCC1c2ccccc2-c2ccccc21)[C@@H](CP(=S)(c1ccccc1)c1ccccc1)C(=O)N(C(=O)OCC1c2ccccc2-c2ccccc21)[C@@H](CP(=S)(C1CCCCC1)C1CCCCC1)C(=O)N[C@@H](C)C(=O)NC(C)(C)C(=O)N[C@@H](C)C(N)=O. The minimum atomic E-state index is -3.75. The summed E-state index contributed by atoms with van der Waals surface area (Å²) in [4.78, 5) is 210. The topological polar surface area (TPSA) is 398 Å². The van der Waals surface area contributed by atoms with Gasteiger partial charge in [0.25, 0.3) is 11.8 Å². The number of nitrogens with one attached hydrogen (secondary N) is 9. The Balaban J connectivity index is 1.12. The molecule has 28 nitrogen and oxygen atoms in total. The molecule has 0 aliphatic heterocycles. The molecular weight excluding hydrogens is 1680 g/mol. The maximum Gasteiger partial charge on any atom is 0.417 e. The van der Waals surface area contributed by atoms with E-state index >= 15 is 28.8 Å². The first-order chi connectivity index (χ1) is 59.7. The molecule has 0 aromatic heterocycles. The number of nitrogens with zero attached hydrogens (tertiary/aromatic N) is 2. The van der Waals surface area contributed by atoms with Gasteiger partial charge in [0, 0.05) is 37.1 Å². The van der Waals surface area contributed by atoms with Crippen LogP contribution in [-0.2, 0) is 90.6 Å². The van der Waals surface area contributed by atoms with Gasteiger partial charge in [0.1, 0.15) is 78.7 Å².